The van der Waals surface area contributed by atoms with E-state index in [0.29, 0.717) is 25.7 Å². The van der Waals surface area contributed by atoms with Crippen molar-refractivity contribution in [1.82, 2.24) is 0 Å². The highest BCUT2D eigenvalue weighted by Gasteiger charge is 2.21. The van der Waals surface area contributed by atoms with Crippen molar-refractivity contribution in [2.75, 3.05) is 0 Å². The van der Waals surface area contributed by atoms with Crippen molar-refractivity contribution in [2.24, 2.45) is 11.5 Å². The highest BCUT2D eigenvalue weighted by Crippen LogP contribution is 2.11. The molecule has 2 aromatic carbocycles. The molecule has 0 aromatic heterocycles. The Bertz CT molecular complexity index is 666. The van der Waals surface area contributed by atoms with E-state index in [1.807, 2.05) is 60.7 Å². The van der Waals surface area contributed by atoms with Gasteiger partial charge in [0.1, 0.15) is 12.5 Å². The van der Waals surface area contributed by atoms with Gasteiger partial charge in [0.25, 0.3) is 0 Å². The summed E-state index contributed by atoms with van der Waals surface area (Å²) in [5.41, 5.74) is 13.6. The Morgan fingerprint density at radius 3 is 1.44 bits per heavy atom. The first kappa shape index (κ1) is 19.6. The van der Waals surface area contributed by atoms with E-state index in [2.05, 4.69) is 0 Å². The third kappa shape index (κ3) is 7.76. The normalized spacial score (nSPS) is 14.2. The molecule has 4 N–H and O–H groups in total. The number of hydrogen-bond donors (Lipinski definition) is 2. The fraction of sp³-hybridized carbons (Fsp3) is 0.333. The van der Waals surface area contributed by atoms with Crippen LogP contribution in [-0.4, -0.2) is 20.9 Å². The van der Waals surface area contributed by atoms with E-state index < -0.39 is 22.9 Å². The molecule has 0 saturated carbocycles. The number of hydrogen-bond acceptors (Lipinski definition) is 6. The van der Waals surface area contributed by atoms with Crippen LogP contribution in [0.15, 0.2) is 60.7 Å². The molecule has 2 rings (SSSR count). The molecule has 2 aromatic rings. The van der Waals surface area contributed by atoms with Gasteiger partial charge in [-0.2, -0.15) is 8.42 Å². The van der Waals surface area contributed by atoms with Crippen LogP contribution >= 0.6 is 0 Å². The molecule has 2 atom stereocenters. The molecule has 0 saturated heterocycles. The van der Waals surface area contributed by atoms with Gasteiger partial charge in [0.2, 0.25) is 0 Å². The molecule has 0 aliphatic carbocycles. The molecule has 0 aliphatic heterocycles. The lowest BCUT2D eigenvalue weighted by Gasteiger charge is -2.16. The van der Waals surface area contributed by atoms with Crippen molar-refractivity contribution in [3.8, 4) is 0 Å². The molecule has 0 fully saturated rings. The first-order valence-corrected chi connectivity index (χ1v) is 9.48. The zero-order chi connectivity index (χ0) is 18.1. The Labute approximate surface area is 149 Å². The molecule has 0 bridgehead atoms. The lowest BCUT2D eigenvalue weighted by atomic mass is 10.1. The number of benzene rings is 2. The molecule has 0 spiro atoms. The summed E-state index contributed by atoms with van der Waals surface area (Å²) in [6.45, 7) is 0. The van der Waals surface area contributed by atoms with E-state index in [1.54, 1.807) is 0 Å². The molecule has 7 heteroatoms. The summed E-state index contributed by atoms with van der Waals surface area (Å²) in [5, 5.41) is 0. The molecule has 0 aliphatic rings. The average molecular weight is 364 g/mol. The largest absolute Gasteiger partial charge is 0.402 e. The Kier molecular flexibility index (Phi) is 7.54. The van der Waals surface area contributed by atoms with E-state index in [1.165, 1.54) is 0 Å². The minimum Gasteiger partial charge on any atom is -0.305 e. The molecular formula is C18H24N2O4S. The van der Waals surface area contributed by atoms with E-state index in [4.69, 9.17) is 19.8 Å². The molecule has 0 heterocycles. The molecule has 25 heavy (non-hydrogen) atoms. The van der Waals surface area contributed by atoms with Crippen LogP contribution in [0.1, 0.15) is 24.0 Å². The standard InChI is InChI=1S/C18H24N2O4S/c19-17(13-11-15-7-3-1-4-8-15)23-25(21,22)24-18(20)14-12-16-9-5-2-6-10-16/h1-10,17-18H,11-14,19-20H2. The van der Waals surface area contributed by atoms with Crippen molar-refractivity contribution in [3.63, 3.8) is 0 Å². The summed E-state index contributed by atoms with van der Waals surface area (Å²) >= 11 is 0. The lowest BCUT2D eigenvalue weighted by molar-refractivity contribution is 0.120. The Balaban J connectivity index is 1.74. The van der Waals surface area contributed by atoms with Crippen molar-refractivity contribution < 1.29 is 16.8 Å². The average Bonchev–Trinajstić information content (AvgIpc) is 2.59. The second-order valence-electron chi connectivity index (χ2n) is 5.73. The lowest BCUT2D eigenvalue weighted by Crippen LogP contribution is -2.34. The highest BCUT2D eigenvalue weighted by atomic mass is 32.3. The number of rotatable bonds is 10. The second-order valence-corrected chi connectivity index (χ2v) is 6.93. The maximum Gasteiger partial charge on any atom is 0.402 e. The topological polar surface area (TPSA) is 105 Å². The van der Waals surface area contributed by atoms with E-state index in [-0.39, 0.29) is 0 Å². The summed E-state index contributed by atoms with van der Waals surface area (Å²) in [6, 6.07) is 19.2. The van der Waals surface area contributed by atoms with Crippen molar-refractivity contribution >= 4 is 10.4 Å². The van der Waals surface area contributed by atoms with Gasteiger partial charge in [0.05, 0.1) is 0 Å². The smallest absolute Gasteiger partial charge is 0.305 e. The molecule has 2 unspecified atom stereocenters. The summed E-state index contributed by atoms with van der Waals surface area (Å²) < 4.78 is 33.4. The van der Waals surface area contributed by atoms with Gasteiger partial charge in [0.15, 0.2) is 0 Å². The Hall–Kier alpha value is -1.77. The van der Waals surface area contributed by atoms with Gasteiger partial charge in [-0.05, 0) is 36.8 Å². The first-order chi connectivity index (χ1) is 11.9. The molecule has 136 valence electrons. The summed E-state index contributed by atoms with van der Waals surface area (Å²) in [6.07, 6.45) is -0.0366. The fourth-order valence-corrected chi connectivity index (χ4v) is 3.17. The predicted octanol–water partition coefficient (Wildman–Crippen LogP) is 2.10. The predicted molar refractivity (Wildman–Crippen MR) is 96.6 cm³/mol. The SMILES string of the molecule is NC(CCc1ccccc1)OS(=O)(=O)OC(N)CCc1ccccc1. The zero-order valence-electron chi connectivity index (χ0n) is 14.0. The van der Waals surface area contributed by atoms with Crippen molar-refractivity contribution in [1.29, 1.82) is 0 Å². The van der Waals surface area contributed by atoms with Gasteiger partial charge in [-0.15, -0.1) is 0 Å². The monoisotopic (exact) mass is 364 g/mol. The number of nitrogens with two attached hydrogens (primary N) is 2. The summed E-state index contributed by atoms with van der Waals surface area (Å²) in [4.78, 5) is 0. The van der Waals surface area contributed by atoms with Gasteiger partial charge in [-0.1, -0.05) is 60.7 Å². The van der Waals surface area contributed by atoms with Crippen LogP contribution in [0.3, 0.4) is 0 Å². The zero-order valence-corrected chi connectivity index (χ0v) is 14.8. The van der Waals surface area contributed by atoms with Gasteiger partial charge in [0, 0.05) is 0 Å². The second kappa shape index (κ2) is 9.65. The van der Waals surface area contributed by atoms with Gasteiger partial charge in [-0.3, -0.25) is 0 Å². The quantitative estimate of drug-likeness (QED) is 0.626. The van der Waals surface area contributed by atoms with E-state index in [9.17, 15) is 8.42 Å². The Morgan fingerprint density at radius 2 is 1.08 bits per heavy atom. The van der Waals surface area contributed by atoms with Gasteiger partial charge < -0.3 is 11.5 Å². The molecule has 6 nitrogen and oxygen atoms in total. The Morgan fingerprint density at radius 1 is 0.720 bits per heavy atom. The fourth-order valence-electron chi connectivity index (χ4n) is 2.33. The third-order valence-electron chi connectivity index (χ3n) is 3.60. The minimum atomic E-state index is -4.24. The maximum atomic E-state index is 11.9. The van der Waals surface area contributed by atoms with Gasteiger partial charge in [-0.25, -0.2) is 8.37 Å². The van der Waals surface area contributed by atoms with Crippen LogP contribution in [-0.2, 0) is 31.6 Å². The van der Waals surface area contributed by atoms with Crippen LogP contribution in [0, 0.1) is 0 Å². The molecular weight excluding hydrogens is 340 g/mol. The van der Waals surface area contributed by atoms with Crippen molar-refractivity contribution in [3.05, 3.63) is 71.8 Å². The van der Waals surface area contributed by atoms with Crippen molar-refractivity contribution in [2.45, 2.75) is 38.1 Å². The minimum absolute atomic E-state index is 0.353. The molecule has 0 radical (unpaired) electrons. The summed E-state index contributed by atoms with van der Waals surface area (Å²) in [5.74, 6) is 0. The maximum absolute atomic E-state index is 11.9. The third-order valence-corrected chi connectivity index (χ3v) is 4.57. The van der Waals surface area contributed by atoms with Crippen LogP contribution in [0.25, 0.3) is 0 Å². The van der Waals surface area contributed by atoms with Crippen LogP contribution in [0.4, 0.5) is 0 Å². The van der Waals surface area contributed by atoms with Gasteiger partial charge >= 0.3 is 10.4 Å². The first-order valence-electron chi connectivity index (χ1n) is 8.15. The summed E-state index contributed by atoms with van der Waals surface area (Å²) in [7, 11) is -4.24. The van der Waals surface area contributed by atoms with Crippen LogP contribution < -0.4 is 11.5 Å². The van der Waals surface area contributed by atoms with Crippen LogP contribution in [0.5, 0.6) is 0 Å². The van der Waals surface area contributed by atoms with E-state index >= 15 is 0 Å². The molecule has 0 amide bonds. The highest BCUT2D eigenvalue weighted by molar-refractivity contribution is 7.81. The number of aryl methyl sites for hydroxylation is 2. The van der Waals surface area contributed by atoms with E-state index in [0.717, 1.165) is 11.1 Å². The van der Waals surface area contributed by atoms with Crippen LogP contribution in [0.2, 0.25) is 0 Å².